The van der Waals surface area contributed by atoms with Crippen molar-refractivity contribution in [2.45, 2.75) is 0 Å². The van der Waals surface area contributed by atoms with Crippen molar-refractivity contribution in [1.82, 2.24) is 9.55 Å². The molecule has 0 amide bonds. The van der Waals surface area contributed by atoms with E-state index in [1.165, 1.54) is 5.39 Å². The second-order valence-electron chi connectivity index (χ2n) is 7.19. The van der Waals surface area contributed by atoms with Crippen molar-refractivity contribution in [2.24, 2.45) is 0 Å². The summed E-state index contributed by atoms with van der Waals surface area (Å²) in [6.07, 6.45) is 0. The van der Waals surface area contributed by atoms with E-state index in [4.69, 9.17) is 15.7 Å². The lowest BCUT2D eigenvalue weighted by atomic mass is 9.93. The Kier molecular flexibility index (Phi) is 3.10. The fourth-order valence-corrected chi connectivity index (χ4v) is 4.43. The maximum absolute atomic E-state index is 6.45. The molecule has 2 nitrogen and oxygen atoms in total. The monoisotopic (exact) mass is 352 g/mol. The second-order valence-corrected chi connectivity index (χ2v) is 7.19. The summed E-state index contributed by atoms with van der Waals surface area (Å²) in [5.74, 6) is 0. The Bertz CT molecular complexity index is 1520. The highest BCUT2D eigenvalue weighted by atomic mass is 15.0. The molecular formula is C24H14B2N2. The molecule has 0 unspecified atom stereocenters. The maximum atomic E-state index is 6.45. The minimum Gasteiger partial charge on any atom is -0.353 e. The summed E-state index contributed by atoms with van der Waals surface area (Å²) in [7, 11) is 12.7. The van der Waals surface area contributed by atoms with Crippen LogP contribution in [0, 0.1) is 0 Å². The van der Waals surface area contributed by atoms with E-state index in [-0.39, 0.29) is 0 Å². The van der Waals surface area contributed by atoms with Crippen LogP contribution in [0.25, 0.3) is 49.3 Å². The van der Waals surface area contributed by atoms with E-state index < -0.39 is 0 Å². The van der Waals surface area contributed by atoms with Gasteiger partial charge in [0.25, 0.3) is 0 Å². The minimum atomic E-state index is 0.753. The fraction of sp³-hybridized carbons (Fsp3) is 0. The summed E-state index contributed by atoms with van der Waals surface area (Å²) < 4.78 is 2.26. The topological polar surface area (TPSA) is 20.7 Å². The van der Waals surface area contributed by atoms with Crippen LogP contribution in [-0.4, -0.2) is 25.2 Å². The first-order chi connectivity index (χ1) is 13.7. The van der Waals surface area contributed by atoms with Gasteiger partial charge in [0.2, 0.25) is 0 Å². The van der Waals surface area contributed by atoms with Gasteiger partial charge >= 0.3 is 0 Å². The zero-order valence-corrected chi connectivity index (χ0v) is 15.1. The van der Waals surface area contributed by atoms with Gasteiger partial charge in [-0.05, 0) is 12.1 Å². The van der Waals surface area contributed by atoms with E-state index in [1.807, 2.05) is 30.3 Å². The molecule has 0 fully saturated rings. The number of aromatic amines is 1. The number of para-hydroxylation sites is 3. The van der Waals surface area contributed by atoms with Crippen LogP contribution in [0.1, 0.15) is 0 Å². The molecule has 2 heterocycles. The first-order valence-corrected chi connectivity index (χ1v) is 9.31. The van der Waals surface area contributed by atoms with Crippen LogP contribution in [0.3, 0.4) is 0 Å². The molecule has 1 N–H and O–H groups in total. The predicted molar refractivity (Wildman–Crippen MR) is 121 cm³/mol. The Balaban J connectivity index is 1.94. The highest BCUT2D eigenvalue weighted by Crippen LogP contribution is 2.37. The van der Waals surface area contributed by atoms with Crippen molar-refractivity contribution in [1.29, 1.82) is 0 Å². The number of fused-ring (bicyclic) bond motifs is 7. The Morgan fingerprint density at radius 2 is 1.18 bits per heavy atom. The molecule has 0 aliphatic rings. The number of nitrogens with zero attached hydrogens (tertiary/aromatic N) is 1. The molecule has 0 saturated carbocycles. The average Bonchev–Trinajstić information content (AvgIpc) is 3.26. The van der Waals surface area contributed by atoms with E-state index >= 15 is 0 Å². The smallest absolute Gasteiger partial charge is 0.116 e. The summed E-state index contributed by atoms with van der Waals surface area (Å²) >= 11 is 0. The van der Waals surface area contributed by atoms with Crippen LogP contribution in [0.15, 0.2) is 78.9 Å². The highest BCUT2D eigenvalue weighted by molar-refractivity contribution is 6.42. The van der Waals surface area contributed by atoms with Crippen LogP contribution >= 0.6 is 0 Å². The summed E-state index contributed by atoms with van der Waals surface area (Å²) in [5, 5.41) is 4.61. The largest absolute Gasteiger partial charge is 0.353 e. The molecule has 28 heavy (non-hydrogen) atoms. The van der Waals surface area contributed by atoms with Crippen LogP contribution in [0.5, 0.6) is 0 Å². The molecule has 6 rings (SSSR count). The third kappa shape index (κ3) is 1.95. The van der Waals surface area contributed by atoms with Crippen molar-refractivity contribution in [3.8, 4) is 5.69 Å². The van der Waals surface area contributed by atoms with Gasteiger partial charge in [-0.15, -0.1) is 0 Å². The van der Waals surface area contributed by atoms with Gasteiger partial charge in [-0.25, -0.2) is 0 Å². The Hall–Kier alpha value is -3.39. The zero-order valence-electron chi connectivity index (χ0n) is 15.1. The molecule has 0 bridgehead atoms. The van der Waals surface area contributed by atoms with E-state index in [1.54, 1.807) is 0 Å². The SMILES string of the molecule is [B]c1cccc2c1[nH]c1c2ccc2c3cccc([B])c3n(-c3ccccc3)c21. The normalized spacial score (nSPS) is 11.9. The van der Waals surface area contributed by atoms with Gasteiger partial charge in [0.15, 0.2) is 0 Å². The number of hydrogen-bond donors (Lipinski definition) is 1. The molecule has 0 aliphatic carbocycles. The first kappa shape index (κ1) is 15.6. The number of aromatic nitrogens is 2. The maximum Gasteiger partial charge on any atom is 0.116 e. The Labute approximate surface area is 164 Å². The molecular weight excluding hydrogens is 338 g/mol. The molecule has 0 atom stereocenters. The molecule has 0 spiro atoms. The quantitative estimate of drug-likeness (QED) is 0.432. The average molecular weight is 352 g/mol. The van der Waals surface area contributed by atoms with Crippen LogP contribution in [0.2, 0.25) is 0 Å². The summed E-state index contributed by atoms with van der Waals surface area (Å²) in [4.78, 5) is 3.59. The molecule has 2 aromatic heterocycles. The van der Waals surface area contributed by atoms with Gasteiger partial charge in [-0.3, -0.25) is 0 Å². The van der Waals surface area contributed by atoms with Crippen molar-refractivity contribution < 1.29 is 0 Å². The minimum absolute atomic E-state index is 0.753. The molecule has 0 aliphatic heterocycles. The molecule has 4 radical (unpaired) electrons. The van der Waals surface area contributed by atoms with Crippen LogP contribution in [-0.2, 0) is 0 Å². The van der Waals surface area contributed by atoms with E-state index in [9.17, 15) is 0 Å². The molecule has 0 saturated heterocycles. The van der Waals surface area contributed by atoms with Crippen molar-refractivity contribution in [2.75, 3.05) is 0 Å². The van der Waals surface area contributed by atoms with E-state index in [2.05, 4.69) is 58.1 Å². The van der Waals surface area contributed by atoms with Crippen molar-refractivity contribution in [3.63, 3.8) is 0 Å². The lowest BCUT2D eigenvalue weighted by molar-refractivity contribution is 1.19. The van der Waals surface area contributed by atoms with Crippen molar-refractivity contribution in [3.05, 3.63) is 78.9 Å². The second kappa shape index (κ2) is 5.56. The highest BCUT2D eigenvalue weighted by Gasteiger charge is 2.18. The van der Waals surface area contributed by atoms with Gasteiger partial charge in [0.05, 0.1) is 11.0 Å². The molecule has 6 aromatic rings. The van der Waals surface area contributed by atoms with Gasteiger partial charge < -0.3 is 9.55 Å². The fourth-order valence-electron chi connectivity index (χ4n) is 4.43. The summed E-state index contributed by atoms with van der Waals surface area (Å²) in [6.45, 7) is 0. The van der Waals surface area contributed by atoms with Crippen LogP contribution in [0.4, 0.5) is 0 Å². The molecule has 4 heteroatoms. The first-order valence-electron chi connectivity index (χ1n) is 9.31. The molecule has 4 aromatic carbocycles. The zero-order chi connectivity index (χ0) is 18.8. The number of H-pyrrole nitrogens is 1. The van der Waals surface area contributed by atoms with Gasteiger partial charge in [0, 0.05) is 38.3 Å². The van der Waals surface area contributed by atoms with Crippen molar-refractivity contribution >= 4 is 70.2 Å². The number of rotatable bonds is 1. The standard InChI is InChI=1S/C24H14B2N2/c25-19-10-4-8-15-16-12-13-18-17-9-5-11-20(26)23(17)28(14-6-2-1-3-7-14)24(18)22(16)27-21(15)19/h1-13,27H. The summed E-state index contributed by atoms with van der Waals surface area (Å²) in [6, 6.07) is 26.9. The lowest BCUT2D eigenvalue weighted by Gasteiger charge is -2.10. The number of nitrogens with one attached hydrogen (secondary N) is 1. The van der Waals surface area contributed by atoms with Gasteiger partial charge in [0.1, 0.15) is 15.7 Å². The van der Waals surface area contributed by atoms with Crippen LogP contribution < -0.4 is 10.9 Å². The lowest BCUT2D eigenvalue weighted by Crippen LogP contribution is -2.08. The van der Waals surface area contributed by atoms with Gasteiger partial charge in [-0.1, -0.05) is 77.7 Å². The predicted octanol–water partition coefficient (Wildman–Crippen LogP) is 4.01. The Morgan fingerprint density at radius 1 is 0.536 bits per heavy atom. The summed E-state index contributed by atoms with van der Waals surface area (Å²) in [5.41, 5.74) is 6.80. The third-order valence-electron chi connectivity index (χ3n) is 5.63. The van der Waals surface area contributed by atoms with E-state index in [0.717, 1.165) is 54.8 Å². The van der Waals surface area contributed by atoms with Gasteiger partial charge in [-0.2, -0.15) is 0 Å². The number of hydrogen-bond acceptors (Lipinski definition) is 0. The number of benzene rings is 4. The Morgan fingerprint density at radius 3 is 2.00 bits per heavy atom. The molecule has 126 valence electrons. The van der Waals surface area contributed by atoms with E-state index in [0.29, 0.717) is 0 Å². The third-order valence-corrected chi connectivity index (χ3v) is 5.63.